The predicted molar refractivity (Wildman–Crippen MR) is 73.6 cm³/mol. The highest BCUT2D eigenvalue weighted by atomic mass is 19.1. The molecule has 3 rings (SSSR count). The fourth-order valence-corrected chi connectivity index (χ4v) is 3.45. The average Bonchev–Trinajstić information content (AvgIpc) is 3.01. The summed E-state index contributed by atoms with van der Waals surface area (Å²) in [4.78, 5) is 25.8. The highest BCUT2D eigenvalue weighted by Gasteiger charge is 2.52. The Labute approximate surface area is 122 Å². The van der Waals surface area contributed by atoms with Crippen molar-refractivity contribution in [2.45, 2.75) is 38.2 Å². The molecule has 1 saturated heterocycles. The first-order chi connectivity index (χ1) is 10.0. The van der Waals surface area contributed by atoms with Crippen molar-refractivity contribution in [3.05, 3.63) is 35.6 Å². The Bertz CT molecular complexity index is 563. The van der Waals surface area contributed by atoms with Crippen molar-refractivity contribution in [3.63, 3.8) is 0 Å². The zero-order chi connectivity index (χ0) is 15.0. The van der Waals surface area contributed by atoms with Gasteiger partial charge in [-0.15, -0.1) is 0 Å². The molecule has 1 spiro atoms. The number of benzene rings is 1. The molecular weight excluding hydrogens is 273 g/mol. The van der Waals surface area contributed by atoms with Crippen molar-refractivity contribution in [2.24, 2.45) is 5.41 Å². The van der Waals surface area contributed by atoms with Gasteiger partial charge in [-0.1, -0.05) is 25.0 Å². The molecular formula is C16H18FNO3. The Balaban J connectivity index is 1.74. The van der Waals surface area contributed by atoms with Crippen LogP contribution in [0.3, 0.4) is 0 Å². The van der Waals surface area contributed by atoms with Gasteiger partial charge in [0.15, 0.2) is 0 Å². The van der Waals surface area contributed by atoms with Gasteiger partial charge in [-0.25, -0.2) is 4.39 Å². The SMILES string of the molecule is O=C1CC2(CCCC2)C(=O)N1CC(O)c1ccc(F)cc1. The van der Waals surface area contributed by atoms with Crippen LogP contribution in [0.25, 0.3) is 0 Å². The second-order valence-electron chi connectivity index (χ2n) is 6.04. The summed E-state index contributed by atoms with van der Waals surface area (Å²) in [5.41, 5.74) is -0.0102. The third-order valence-corrected chi connectivity index (χ3v) is 4.66. The minimum absolute atomic E-state index is 0.0505. The number of β-amino-alcohol motifs (C(OH)–C–C–N with tert-alkyl or cyclic N) is 1. The number of hydrogen-bond donors (Lipinski definition) is 1. The lowest BCUT2D eigenvalue weighted by Gasteiger charge is -2.23. The number of nitrogens with zero attached hydrogens (tertiary/aromatic N) is 1. The molecule has 1 unspecified atom stereocenters. The van der Waals surface area contributed by atoms with Crippen LogP contribution >= 0.6 is 0 Å². The Morgan fingerprint density at radius 3 is 2.43 bits per heavy atom. The fourth-order valence-electron chi connectivity index (χ4n) is 3.45. The van der Waals surface area contributed by atoms with E-state index in [0.717, 1.165) is 25.7 Å². The van der Waals surface area contributed by atoms with Crippen molar-refractivity contribution in [2.75, 3.05) is 6.54 Å². The Kier molecular flexibility index (Phi) is 3.53. The molecule has 0 aromatic heterocycles. The van der Waals surface area contributed by atoms with Crippen LogP contribution in [-0.2, 0) is 9.59 Å². The smallest absolute Gasteiger partial charge is 0.236 e. The summed E-state index contributed by atoms with van der Waals surface area (Å²) >= 11 is 0. The van der Waals surface area contributed by atoms with Gasteiger partial charge in [-0.3, -0.25) is 14.5 Å². The molecule has 1 aliphatic heterocycles. The number of imide groups is 1. The lowest BCUT2D eigenvalue weighted by molar-refractivity contribution is -0.143. The Hall–Kier alpha value is -1.75. The third kappa shape index (κ3) is 2.46. The number of carbonyl (C=O) groups excluding carboxylic acids is 2. The molecule has 2 fully saturated rings. The van der Waals surface area contributed by atoms with E-state index in [1.807, 2.05) is 0 Å². The lowest BCUT2D eigenvalue weighted by atomic mass is 9.84. The summed E-state index contributed by atoms with van der Waals surface area (Å²) in [7, 11) is 0. The van der Waals surface area contributed by atoms with Crippen molar-refractivity contribution >= 4 is 11.8 Å². The van der Waals surface area contributed by atoms with E-state index in [0.29, 0.717) is 5.56 Å². The van der Waals surface area contributed by atoms with Crippen molar-refractivity contribution < 1.29 is 19.1 Å². The summed E-state index contributed by atoms with van der Waals surface area (Å²) in [5, 5.41) is 10.2. The number of likely N-dealkylation sites (tertiary alicyclic amines) is 1. The van der Waals surface area contributed by atoms with Crippen LogP contribution < -0.4 is 0 Å². The van der Waals surface area contributed by atoms with Crippen molar-refractivity contribution in [3.8, 4) is 0 Å². The van der Waals surface area contributed by atoms with E-state index in [1.165, 1.54) is 29.2 Å². The molecule has 1 aromatic rings. The lowest BCUT2D eigenvalue weighted by Crippen LogP contribution is -2.37. The molecule has 2 amide bonds. The number of aliphatic hydroxyl groups excluding tert-OH is 1. The first kappa shape index (κ1) is 14.2. The second kappa shape index (κ2) is 5.22. The zero-order valence-electron chi connectivity index (χ0n) is 11.7. The Morgan fingerprint density at radius 2 is 1.81 bits per heavy atom. The Morgan fingerprint density at radius 1 is 1.19 bits per heavy atom. The quantitative estimate of drug-likeness (QED) is 0.868. The van der Waals surface area contributed by atoms with Crippen molar-refractivity contribution in [1.29, 1.82) is 0 Å². The van der Waals surface area contributed by atoms with E-state index in [2.05, 4.69) is 0 Å². The monoisotopic (exact) mass is 291 g/mol. The van der Waals surface area contributed by atoms with E-state index in [9.17, 15) is 19.1 Å². The van der Waals surface area contributed by atoms with Gasteiger partial charge in [0, 0.05) is 6.42 Å². The second-order valence-corrected chi connectivity index (χ2v) is 6.04. The average molecular weight is 291 g/mol. The van der Waals surface area contributed by atoms with Gasteiger partial charge in [0.05, 0.1) is 18.1 Å². The summed E-state index contributed by atoms with van der Waals surface area (Å²) in [6.07, 6.45) is 2.78. The summed E-state index contributed by atoms with van der Waals surface area (Å²) in [5.74, 6) is -0.738. The highest BCUT2D eigenvalue weighted by Crippen LogP contribution is 2.47. The highest BCUT2D eigenvalue weighted by molar-refractivity contribution is 6.06. The van der Waals surface area contributed by atoms with Gasteiger partial charge >= 0.3 is 0 Å². The summed E-state index contributed by atoms with van der Waals surface area (Å²) in [6, 6.07) is 5.45. The van der Waals surface area contributed by atoms with Gasteiger partial charge in [-0.2, -0.15) is 0 Å². The number of halogens is 1. The van der Waals surface area contributed by atoms with Gasteiger partial charge in [0.25, 0.3) is 0 Å². The van der Waals surface area contributed by atoms with Gasteiger partial charge in [-0.05, 0) is 30.5 Å². The van der Waals surface area contributed by atoms with E-state index in [-0.39, 0.29) is 30.6 Å². The molecule has 1 saturated carbocycles. The predicted octanol–water partition coefficient (Wildman–Crippen LogP) is 2.18. The van der Waals surface area contributed by atoms with Crippen molar-refractivity contribution in [1.82, 2.24) is 4.90 Å². The van der Waals surface area contributed by atoms with Crippen LogP contribution in [0.15, 0.2) is 24.3 Å². The van der Waals surface area contributed by atoms with Gasteiger partial charge in [0.1, 0.15) is 5.82 Å². The van der Waals surface area contributed by atoms with Crippen LogP contribution in [0, 0.1) is 11.2 Å². The first-order valence-electron chi connectivity index (χ1n) is 7.30. The number of carbonyl (C=O) groups is 2. The van der Waals surface area contributed by atoms with E-state index in [1.54, 1.807) is 0 Å². The zero-order valence-corrected chi connectivity index (χ0v) is 11.7. The number of hydrogen-bond acceptors (Lipinski definition) is 3. The molecule has 21 heavy (non-hydrogen) atoms. The maximum atomic E-state index is 12.9. The van der Waals surface area contributed by atoms with Crippen LogP contribution in [-0.4, -0.2) is 28.4 Å². The molecule has 4 nitrogen and oxygen atoms in total. The van der Waals surface area contributed by atoms with Crippen LogP contribution in [0.1, 0.15) is 43.8 Å². The van der Waals surface area contributed by atoms with Crippen LogP contribution in [0.4, 0.5) is 4.39 Å². The van der Waals surface area contributed by atoms with E-state index in [4.69, 9.17) is 0 Å². The minimum Gasteiger partial charge on any atom is -0.387 e. The standard InChI is InChI=1S/C16H18FNO3/c17-12-5-3-11(4-6-12)13(19)10-18-14(20)9-16(15(18)21)7-1-2-8-16/h3-6,13,19H,1-2,7-10H2. The number of amides is 2. The molecule has 112 valence electrons. The van der Waals surface area contributed by atoms with Gasteiger partial charge < -0.3 is 5.11 Å². The molecule has 2 aliphatic rings. The third-order valence-electron chi connectivity index (χ3n) is 4.66. The maximum absolute atomic E-state index is 12.9. The molecule has 0 bridgehead atoms. The molecule has 1 heterocycles. The fraction of sp³-hybridized carbons (Fsp3) is 0.500. The molecule has 1 atom stereocenters. The summed E-state index contributed by atoms with van der Waals surface area (Å²) in [6.45, 7) is -0.0505. The maximum Gasteiger partial charge on any atom is 0.236 e. The molecule has 1 N–H and O–H groups in total. The molecule has 5 heteroatoms. The molecule has 1 aromatic carbocycles. The van der Waals surface area contributed by atoms with E-state index < -0.39 is 11.5 Å². The molecule has 0 radical (unpaired) electrons. The largest absolute Gasteiger partial charge is 0.387 e. The topological polar surface area (TPSA) is 57.6 Å². The summed E-state index contributed by atoms with van der Waals surface area (Å²) < 4.78 is 12.9. The number of aliphatic hydroxyl groups is 1. The van der Waals surface area contributed by atoms with E-state index >= 15 is 0 Å². The van der Waals surface area contributed by atoms with Gasteiger partial charge in [0.2, 0.25) is 11.8 Å². The van der Waals surface area contributed by atoms with Crippen LogP contribution in [0.2, 0.25) is 0 Å². The molecule has 1 aliphatic carbocycles. The first-order valence-corrected chi connectivity index (χ1v) is 7.30. The van der Waals surface area contributed by atoms with Crippen LogP contribution in [0.5, 0.6) is 0 Å². The number of rotatable bonds is 3. The minimum atomic E-state index is -0.977. The normalized spacial score (nSPS) is 22.3.